The molecule has 0 aliphatic heterocycles. The lowest BCUT2D eigenvalue weighted by molar-refractivity contribution is 0.415. The molecule has 112 valence electrons. The van der Waals surface area contributed by atoms with E-state index in [0.29, 0.717) is 16.7 Å². The van der Waals surface area contributed by atoms with Gasteiger partial charge in [-0.05, 0) is 36.4 Å². The Morgan fingerprint density at radius 2 is 2.00 bits per heavy atom. The molecule has 0 saturated carbocycles. The van der Waals surface area contributed by atoms with Gasteiger partial charge in [0.2, 0.25) is 5.95 Å². The summed E-state index contributed by atoms with van der Waals surface area (Å²) >= 11 is 6.78. The van der Waals surface area contributed by atoms with Crippen molar-refractivity contribution >= 4 is 34.8 Å². The number of nitrogens with zero attached hydrogens (tertiary/aromatic N) is 2. The molecule has 0 aliphatic rings. The summed E-state index contributed by atoms with van der Waals surface area (Å²) in [5.41, 5.74) is 1.49. The predicted molar refractivity (Wildman–Crippen MR) is 89.0 cm³/mol. The summed E-state index contributed by atoms with van der Waals surface area (Å²) < 4.78 is 10.9. The van der Waals surface area contributed by atoms with Crippen LogP contribution in [0.25, 0.3) is 5.69 Å². The maximum atomic E-state index is 12.1. The number of hydrogen-bond acceptors (Lipinski definition) is 5. The quantitative estimate of drug-likeness (QED) is 0.791. The van der Waals surface area contributed by atoms with Gasteiger partial charge in [0, 0.05) is 28.3 Å². The van der Waals surface area contributed by atoms with Gasteiger partial charge in [-0.15, -0.1) is 0 Å². The van der Waals surface area contributed by atoms with Crippen LogP contribution >= 0.6 is 23.1 Å². The first-order chi connectivity index (χ1) is 10.7. The number of halogens is 1. The van der Waals surface area contributed by atoms with Gasteiger partial charge >= 0.3 is 4.87 Å². The Labute approximate surface area is 135 Å². The van der Waals surface area contributed by atoms with Crippen molar-refractivity contribution in [3.8, 4) is 11.4 Å². The van der Waals surface area contributed by atoms with Crippen molar-refractivity contribution in [2.75, 3.05) is 12.4 Å². The third-order valence-electron chi connectivity index (χ3n) is 3.02. The predicted octanol–water partition coefficient (Wildman–Crippen LogP) is 3.70. The van der Waals surface area contributed by atoms with Gasteiger partial charge in [-0.2, -0.15) is 4.37 Å². The average Bonchev–Trinajstić information content (AvgIpc) is 2.89. The number of benzene rings is 2. The van der Waals surface area contributed by atoms with E-state index < -0.39 is 0 Å². The van der Waals surface area contributed by atoms with Crippen LogP contribution in [0.1, 0.15) is 0 Å². The summed E-state index contributed by atoms with van der Waals surface area (Å²) in [5.74, 6) is 1.17. The Bertz CT molecular complexity index is 842. The van der Waals surface area contributed by atoms with Crippen LogP contribution < -0.4 is 14.9 Å². The molecule has 0 spiro atoms. The molecular formula is C15H12ClN3O2S. The molecular weight excluding hydrogens is 322 g/mol. The monoisotopic (exact) mass is 333 g/mol. The second kappa shape index (κ2) is 6.21. The van der Waals surface area contributed by atoms with Crippen molar-refractivity contribution in [2.24, 2.45) is 0 Å². The molecule has 0 radical (unpaired) electrons. The van der Waals surface area contributed by atoms with Crippen molar-refractivity contribution in [1.29, 1.82) is 0 Å². The minimum Gasteiger partial charge on any atom is -0.497 e. The topological polar surface area (TPSA) is 56.1 Å². The highest BCUT2D eigenvalue weighted by Gasteiger charge is 2.11. The van der Waals surface area contributed by atoms with E-state index in [2.05, 4.69) is 9.69 Å². The fourth-order valence-corrected chi connectivity index (χ4v) is 2.67. The zero-order valence-electron chi connectivity index (χ0n) is 11.6. The van der Waals surface area contributed by atoms with Crippen LogP contribution in [0.2, 0.25) is 5.02 Å². The number of hydrogen-bond donors (Lipinski definition) is 1. The largest absolute Gasteiger partial charge is 0.497 e. The number of rotatable bonds is 4. The molecule has 0 amide bonds. The molecule has 3 aromatic rings. The third kappa shape index (κ3) is 2.98. The Morgan fingerprint density at radius 1 is 1.23 bits per heavy atom. The molecule has 0 saturated heterocycles. The van der Waals surface area contributed by atoms with Crippen LogP contribution in [0, 0.1) is 0 Å². The molecule has 0 fully saturated rings. The summed E-state index contributed by atoms with van der Waals surface area (Å²) in [6.07, 6.45) is 0. The summed E-state index contributed by atoms with van der Waals surface area (Å²) in [6.45, 7) is 0. The summed E-state index contributed by atoms with van der Waals surface area (Å²) in [6, 6.07) is 14.4. The lowest BCUT2D eigenvalue weighted by Gasteiger charge is -2.09. The van der Waals surface area contributed by atoms with Gasteiger partial charge in [0.25, 0.3) is 0 Å². The minimum atomic E-state index is -0.173. The molecule has 0 bridgehead atoms. The zero-order valence-corrected chi connectivity index (χ0v) is 13.2. The maximum Gasteiger partial charge on any atom is 0.332 e. The lowest BCUT2D eigenvalue weighted by Crippen LogP contribution is -2.13. The summed E-state index contributed by atoms with van der Waals surface area (Å²) in [5, 5.41) is 3.74. The second-order valence-electron chi connectivity index (χ2n) is 4.44. The van der Waals surface area contributed by atoms with Crippen molar-refractivity contribution in [3.05, 3.63) is 63.2 Å². The lowest BCUT2D eigenvalue weighted by atomic mass is 10.3. The van der Waals surface area contributed by atoms with Crippen LogP contribution in [-0.2, 0) is 0 Å². The van der Waals surface area contributed by atoms with Gasteiger partial charge in [-0.1, -0.05) is 17.7 Å². The highest BCUT2D eigenvalue weighted by Crippen LogP contribution is 2.22. The smallest absolute Gasteiger partial charge is 0.332 e. The van der Waals surface area contributed by atoms with Gasteiger partial charge in [0.15, 0.2) is 0 Å². The summed E-state index contributed by atoms with van der Waals surface area (Å²) in [7, 11) is 1.60. The zero-order chi connectivity index (χ0) is 15.5. The first kappa shape index (κ1) is 14.6. The SMILES string of the molecule is COc1cccc(Nc2nsc(=O)n2-c2ccc(Cl)cc2)c1. The van der Waals surface area contributed by atoms with E-state index in [9.17, 15) is 4.79 Å². The van der Waals surface area contributed by atoms with Gasteiger partial charge in [-0.3, -0.25) is 4.79 Å². The van der Waals surface area contributed by atoms with Gasteiger partial charge in [-0.25, -0.2) is 4.57 Å². The fourth-order valence-electron chi connectivity index (χ4n) is 1.98. The normalized spacial score (nSPS) is 10.5. The van der Waals surface area contributed by atoms with Gasteiger partial charge < -0.3 is 10.1 Å². The van der Waals surface area contributed by atoms with Crippen LogP contribution in [-0.4, -0.2) is 16.1 Å². The number of nitrogens with one attached hydrogen (secondary N) is 1. The van der Waals surface area contributed by atoms with E-state index in [1.54, 1.807) is 31.4 Å². The van der Waals surface area contributed by atoms with E-state index in [1.165, 1.54) is 4.57 Å². The highest BCUT2D eigenvalue weighted by atomic mass is 35.5. The molecule has 1 heterocycles. The molecule has 1 N–H and O–H groups in total. The first-order valence-electron chi connectivity index (χ1n) is 6.43. The molecule has 0 atom stereocenters. The van der Waals surface area contributed by atoms with Crippen LogP contribution in [0.15, 0.2) is 53.3 Å². The van der Waals surface area contributed by atoms with E-state index in [4.69, 9.17) is 16.3 Å². The van der Waals surface area contributed by atoms with Crippen LogP contribution in [0.3, 0.4) is 0 Å². The minimum absolute atomic E-state index is 0.173. The average molecular weight is 334 g/mol. The Hall–Kier alpha value is -2.31. The van der Waals surface area contributed by atoms with E-state index in [0.717, 1.165) is 23.0 Å². The molecule has 0 unspecified atom stereocenters. The molecule has 1 aromatic heterocycles. The van der Waals surface area contributed by atoms with E-state index in [1.807, 2.05) is 24.3 Å². The summed E-state index contributed by atoms with van der Waals surface area (Å²) in [4.78, 5) is 11.9. The van der Waals surface area contributed by atoms with Crippen molar-refractivity contribution < 1.29 is 4.74 Å². The molecule has 5 nitrogen and oxygen atoms in total. The molecule has 0 aliphatic carbocycles. The van der Waals surface area contributed by atoms with Gasteiger partial charge in [0.05, 0.1) is 12.8 Å². The second-order valence-corrected chi connectivity index (χ2v) is 5.59. The third-order valence-corrected chi connectivity index (χ3v) is 3.87. The highest BCUT2D eigenvalue weighted by molar-refractivity contribution is 7.03. The number of anilines is 2. The van der Waals surface area contributed by atoms with Crippen molar-refractivity contribution in [3.63, 3.8) is 0 Å². The fraction of sp³-hybridized carbons (Fsp3) is 0.0667. The van der Waals surface area contributed by atoms with Crippen LogP contribution in [0.5, 0.6) is 5.75 Å². The molecule has 7 heteroatoms. The Kier molecular flexibility index (Phi) is 4.13. The molecule has 22 heavy (non-hydrogen) atoms. The van der Waals surface area contributed by atoms with E-state index in [-0.39, 0.29) is 4.87 Å². The Morgan fingerprint density at radius 3 is 2.73 bits per heavy atom. The van der Waals surface area contributed by atoms with Crippen LogP contribution in [0.4, 0.5) is 11.6 Å². The molecule has 3 rings (SSSR count). The van der Waals surface area contributed by atoms with Crippen molar-refractivity contribution in [2.45, 2.75) is 0 Å². The van der Waals surface area contributed by atoms with Gasteiger partial charge in [0.1, 0.15) is 5.75 Å². The first-order valence-corrected chi connectivity index (χ1v) is 7.58. The number of ether oxygens (including phenoxy) is 1. The number of methoxy groups -OCH3 is 1. The number of aromatic nitrogens is 2. The Balaban J connectivity index is 1.98. The molecule has 2 aromatic carbocycles. The van der Waals surface area contributed by atoms with E-state index >= 15 is 0 Å². The maximum absolute atomic E-state index is 12.1. The standard InChI is InChI=1S/C15H12ClN3O2S/c1-21-13-4-2-3-11(9-13)17-14-18-22-15(20)19(14)12-7-5-10(16)6-8-12/h2-9H,1H3,(H,17,18). The van der Waals surface area contributed by atoms with Crippen molar-refractivity contribution in [1.82, 2.24) is 8.94 Å².